The van der Waals surface area contributed by atoms with Gasteiger partial charge in [0, 0.05) is 25.1 Å². The fourth-order valence-corrected chi connectivity index (χ4v) is 1.86. The topological polar surface area (TPSA) is 93.1 Å². The SMILES string of the molecule is CC(C)COC(=O)OC(O)CCCCCN1C(=O)C=CC1=O. The average Bonchev–Trinajstić information content (AvgIpc) is 2.76. The van der Waals surface area contributed by atoms with E-state index in [0.29, 0.717) is 25.8 Å². The van der Waals surface area contributed by atoms with Crippen LogP contribution in [0.2, 0.25) is 0 Å². The smallest absolute Gasteiger partial charge is 0.434 e. The van der Waals surface area contributed by atoms with Crippen LogP contribution in [0, 0.1) is 5.92 Å². The Morgan fingerprint density at radius 2 is 1.82 bits per heavy atom. The fourth-order valence-electron chi connectivity index (χ4n) is 1.86. The summed E-state index contributed by atoms with van der Waals surface area (Å²) in [6.07, 6.45) is 2.68. The van der Waals surface area contributed by atoms with Crippen LogP contribution in [0.25, 0.3) is 0 Å². The number of imide groups is 1. The van der Waals surface area contributed by atoms with E-state index in [4.69, 9.17) is 4.74 Å². The van der Waals surface area contributed by atoms with E-state index in [1.54, 1.807) is 0 Å². The highest BCUT2D eigenvalue weighted by Gasteiger charge is 2.22. The third kappa shape index (κ3) is 6.71. The van der Waals surface area contributed by atoms with Crippen molar-refractivity contribution in [2.45, 2.75) is 45.8 Å². The molecule has 0 saturated heterocycles. The number of hydrogen-bond acceptors (Lipinski definition) is 6. The van der Waals surface area contributed by atoms with Crippen LogP contribution in [0.1, 0.15) is 39.5 Å². The van der Waals surface area contributed by atoms with E-state index in [1.165, 1.54) is 17.1 Å². The summed E-state index contributed by atoms with van der Waals surface area (Å²) in [5.74, 6) is -0.377. The summed E-state index contributed by atoms with van der Waals surface area (Å²) >= 11 is 0. The highest BCUT2D eigenvalue weighted by molar-refractivity contribution is 6.12. The molecule has 7 heteroatoms. The molecule has 1 N–H and O–H groups in total. The van der Waals surface area contributed by atoms with E-state index in [0.717, 1.165) is 0 Å². The maximum absolute atomic E-state index is 11.3. The molecule has 0 aromatic heterocycles. The van der Waals surface area contributed by atoms with Crippen molar-refractivity contribution in [2.75, 3.05) is 13.2 Å². The Morgan fingerprint density at radius 1 is 1.18 bits per heavy atom. The Kier molecular flexibility index (Phi) is 7.59. The van der Waals surface area contributed by atoms with Crippen molar-refractivity contribution in [3.63, 3.8) is 0 Å². The molecule has 1 heterocycles. The number of aliphatic hydroxyl groups is 1. The molecule has 7 nitrogen and oxygen atoms in total. The Hall–Kier alpha value is -1.89. The van der Waals surface area contributed by atoms with Gasteiger partial charge in [0.2, 0.25) is 6.29 Å². The maximum atomic E-state index is 11.3. The lowest BCUT2D eigenvalue weighted by Crippen LogP contribution is -2.30. The van der Waals surface area contributed by atoms with Gasteiger partial charge in [-0.2, -0.15) is 0 Å². The van der Waals surface area contributed by atoms with Gasteiger partial charge in [0.15, 0.2) is 0 Å². The predicted molar refractivity (Wildman–Crippen MR) is 77.6 cm³/mol. The van der Waals surface area contributed by atoms with Gasteiger partial charge in [-0.25, -0.2) is 4.79 Å². The lowest BCUT2D eigenvalue weighted by Gasteiger charge is -2.14. The zero-order valence-corrected chi connectivity index (χ0v) is 13.0. The van der Waals surface area contributed by atoms with Gasteiger partial charge in [-0.1, -0.05) is 20.3 Å². The minimum absolute atomic E-state index is 0.204. The van der Waals surface area contributed by atoms with Gasteiger partial charge >= 0.3 is 6.16 Å². The molecule has 1 rings (SSSR count). The lowest BCUT2D eigenvalue weighted by atomic mass is 10.2. The molecule has 0 saturated carbocycles. The molecule has 0 spiro atoms. The number of aliphatic hydroxyl groups excluding tert-OH is 1. The molecule has 1 atom stereocenters. The molecular formula is C15H23NO6. The van der Waals surface area contributed by atoms with E-state index in [9.17, 15) is 19.5 Å². The fraction of sp³-hybridized carbons (Fsp3) is 0.667. The summed E-state index contributed by atoms with van der Waals surface area (Å²) in [5, 5.41) is 9.53. The van der Waals surface area contributed by atoms with E-state index < -0.39 is 12.4 Å². The van der Waals surface area contributed by atoms with Crippen LogP contribution in [0.3, 0.4) is 0 Å². The summed E-state index contributed by atoms with van der Waals surface area (Å²) in [7, 11) is 0. The molecule has 2 amide bonds. The summed E-state index contributed by atoms with van der Waals surface area (Å²) in [5.41, 5.74) is 0. The van der Waals surface area contributed by atoms with Crippen LogP contribution in [-0.4, -0.2) is 47.4 Å². The first kappa shape index (κ1) is 18.2. The molecule has 0 fully saturated rings. The number of nitrogens with zero attached hydrogens (tertiary/aromatic N) is 1. The standard InChI is InChI=1S/C15H23NO6/c1-11(2)10-21-15(20)22-14(19)6-4-3-5-9-16-12(17)7-8-13(16)18/h7-8,11,14,19H,3-6,9-10H2,1-2H3. The summed E-state index contributed by atoms with van der Waals surface area (Å²) < 4.78 is 9.46. The van der Waals surface area contributed by atoms with Crippen molar-refractivity contribution in [1.82, 2.24) is 4.90 Å². The van der Waals surface area contributed by atoms with E-state index >= 15 is 0 Å². The molecule has 0 radical (unpaired) electrons. The third-order valence-corrected chi connectivity index (χ3v) is 3.00. The Labute approximate surface area is 129 Å². The second kappa shape index (κ2) is 9.19. The van der Waals surface area contributed by atoms with Gasteiger partial charge in [-0.05, 0) is 18.8 Å². The van der Waals surface area contributed by atoms with Gasteiger partial charge in [0.05, 0.1) is 6.61 Å². The number of ether oxygens (including phenoxy) is 2. The highest BCUT2D eigenvalue weighted by atomic mass is 16.8. The number of rotatable bonds is 9. The summed E-state index contributed by atoms with van der Waals surface area (Å²) in [4.78, 5) is 35.0. The van der Waals surface area contributed by atoms with Gasteiger partial charge in [0.1, 0.15) is 0 Å². The van der Waals surface area contributed by atoms with Crippen LogP contribution in [-0.2, 0) is 19.1 Å². The largest absolute Gasteiger partial charge is 0.510 e. The van der Waals surface area contributed by atoms with E-state index in [-0.39, 0.29) is 30.8 Å². The monoisotopic (exact) mass is 313 g/mol. The van der Waals surface area contributed by atoms with Gasteiger partial charge < -0.3 is 14.6 Å². The van der Waals surface area contributed by atoms with Crippen LogP contribution in [0.5, 0.6) is 0 Å². The van der Waals surface area contributed by atoms with Crippen molar-refractivity contribution in [3.05, 3.63) is 12.2 Å². The zero-order chi connectivity index (χ0) is 16.5. The normalized spacial score (nSPS) is 15.5. The Morgan fingerprint density at radius 3 is 2.41 bits per heavy atom. The second-order valence-corrected chi connectivity index (χ2v) is 5.54. The lowest BCUT2D eigenvalue weighted by molar-refractivity contribution is -0.136. The average molecular weight is 313 g/mol. The van der Waals surface area contributed by atoms with Crippen molar-refractivity contribution in [3.8, 4) is 0 Å². The number of carbonyl (C=O) groups is 3. The molecular weight excluding hydrogens is 290 g/mol. The first-order valence-electron chi connectivity index (χ1n) is 7.45. The molecule has 1 aliphatic rings. The second-order valence-electron chi connectivity index (χ2n) is 5.54. The molecule has 22 heavy (non-hydrogen) atoms. The van der Waals surface area contributed by atoms with Crippen LogP contribution >= 0.6 is 0 Å². The first-order chi connectivity index (χ1) is 10.4. The van der Waals surface area contributed by atoms with Crippen LogP contribution in [0.15, 0.2) is 12.2 Å². The van der Waals surface area contributed by atoms with Crippen LogP contribution < -0.4 is 0 Å². The van der Waals surface area contributed by atoms with Gasteiger partial charge in [0.25, 0.3) is 11.8 Å². The Balaban J connectivity index is 2.05. The molecule has 1 aliphatic heterocycles. The maximum Gasteiger partial charge on any atom is 0.510 e. The first-order valence-corrected chi connectivity index (χ1v) is 7.45. The predicted octanol–water partition coefficient (Wildman–Crippen LogP) is 1.60. The number of carbonyl (C=O) groups excluding carboxylic acids is 3. The third-order valence-electron chi connectivity index (χ3n) is 3.00. The number of unbranched alkanes of at least 4 members (excludes halogenated alkanes) is 2. The Bertz CT molecular complexity index is 414. The number of hydrogen-bond donors (Lipinski definition) is 1. The van der Waals surface area contributed by atoms with Crippen LogP contribution in [0.4, 0.5) is 4.79 Å². The molecule has 124 valence electrons. The summed E-state index contributed by atoms with van der Waals surface area (Å²) in [6.45, 7) is 4.40. The van der Waals surface area contributed by atoms with Crippen molar-refractivity contribution in [2.24, 2.45) is 5.92 Å². The van der Waals surface area contributed by atoms with Crippen molar-refractivity contribution < 1.29 is 29.0 Å². The molecule has 0 aromatic carbocycles. The minimum Gasteiger partial charge on any atom is -0.434 e. The highest BCUT2D eigenvalue weighted by Crippen LogP contribution is 2.10. The minimum atomic E-state index is -1.20. The van der Waals surface area contributed by atoms with Gasteiger partial charge in [-0.3, -0.25) is 14.5 Å². The van der Waals surface area contributed by atoms with Gasteiger partial charge in [-0.15, -0.1) is 0 Å². The quantitative estimate of drug-likeness (QED) is 0.301. The van der Waals surface area contributed by atoms with Crippen molar-refractivity contribution in [1.29, 1.82) is 0 Å². The van der Waals surface area contributed by atoms with Crippen molar-refractivity contribution >= 4 is 18.0 Å². The zero-order valence-electron chi connectivity index (χ0n) is 13.0. The molecule has 0 bridgehead atoms. The number of amides is 2. The van der Waals surface area contributed by atoms with E-state index in [2.05, 4.69) is 4.74 Å². The summed E-state index contributed by atoms with van der Waals surface area (Å²) in [6, 6.07) is 0. The molecule has 1 unspecified atom stereocenters. The van der Waals surface area contributed by atoms with E-state index in [1.807, 2.05) is 13.8 Å². The molecule has 0 aliphatic carbocycles. The molecule has 0 aromatic rings.